The van der Waals surface area contributed by atoms with Gasteiger partial charge in [0, 0.05) is 26.8 Å². The van der Waals surface area contributed by atoms with Gasteiger partial charge in [-0.3, -0.25) is 0 Å². The summed E-state index contributed by atoms with van der Waals surface area (Å²) < 4.78 is 10.5. The van der Waals surface area contributed by atoms with Gasteiger partial charge in [-0.05, 0) is 13.5 Å². The zero-order valence-corrected chi connectivity index (χ0v) is 7.38. The van der Waals surface area contributed by atoms with E-state index in [9.17, 15) is 0 Å². The van der Waals surface area contributed by atoms with Gasteiger partial charge in [-0.25, -0.2) is 0 Å². The molecule has 0 N–H and O–H groups in total. The molecule has 1 unspecified atom stereocenters. The maximum atomic E-state index is 5.53. The average Bonchev–Trinajstić information content (AvgIpc) is 2.01. The SMILES string of the molecule is COCCC1CN(C)CCO1. The Kier molecular flexibility index (Phi) is 3.83. The molecule has 1 atom stereocenters. The topological polar surface area (TPSA) is 21.7 Å². The van der Waals surface area contributed by atoms with Gasteiger partial charge in [0.1, 0.15) is 0 Å². The third-order valence-electron chi connectivity index (χ3n) is 1.99. The monoisotopic (exact) mass is 159 g/mol. The lowest BCUT2D eigenvalue weighted by molar-refractivity contribution is -0.0327. The minimum atomic E-state index is 0.383. The van der Waals surface area contributed by atoms with Gasteiger partial charge in [0.15, 0.2) is 0 Å². The van der Waals surface area contributed by atoms with Crippen molar-refractivity contribution in [2.75, 3.05) is 40.5 Å². The van der Waals surface area contributed by atoms with Gasteiger partial charge in [0.2, 0.25) is 0 Å². The zero-order valence-electron chi connectivity index (χ0n) is 7.38. The lowest BCUT2D eigenvalue weighted by Crippen LogP contribution is -2.40. The van der Waals surface area contributed by atoms with Crippen LogP contribution in [0.5, 0.6) is 0 Å². The van der Waals surface area contributed by atoms with Crippen LogP contribution in [0.1, 0.15) is 6.42 Å². The second-order valence-corrected chi connectivity index (χ2v) is 3.04. The summed E-state index contributed by atoms with van der Waals surface area (Å²) >= 11 is 0. The average molecular weight is 159 g/mol. The Morgan fingerprint density at radius 1 is 1.64 bits per heavy atom. The van der Waals surface area contributed by atoms with Crippen LogP contribution in [0.3, 0.4) is 0 Å². The normalized spacial score (nSPS) is 27.3. The van der Waals surface area contributed by atoms with Crippen LogP contribution in [0.4, 0.5) is 0 Å². The summed E-state index contributed by atoms with van der Waals surface area (Å²) in [6.07, 6.45) is 1.40. The molecule has 66 valence electrons. The number of hydrogen-bond acceptors (Lipinski definition) is 3. The highest BCUT2D eigenvalue weighted by atomic mass is 16.5. The molecule has 0 saturated carbocycles. The molecular formula is C8H17NO2. The number of hydrogen-bond donors (Lipinski definition) is 0. The number of ether oxygens (including phenoxy) is 2. The van der Waals surface area contributed by atoms with Gasteiger partial charge in [0.25, 0.3) is 0 Å². The Bertz CT molecular complexity index is 108. The van der Waals surface area contributed by atoms with E-state index in [4.69, 9.17) is 9.47 Å². The Morgan fingerprint density at radius 3 is 3.09 bits per heavy atom. The van der Waals surface area contributed by atoms with Gasteiger partial charge in [-0.2, -0.15) is 0 Å². The predicted octanol–water partition coefficient (Wildman–Crippen LogP) is 0.353. The van der Waals surface area contributed by atoms with E-state index in [0.717, 1.165) is 32.7 Å². The molecule has 0 amide bonds. The predicted molar refractivity (Wildman–Crippen MR) is 43.7 cm³/mol. The van der Waals surface area contributed by atoms with Crippen molar-refractivity contribution in [1.29, 1.82) is 0 Å². The van der Waals surface area contributed by atoms with Crippen LogP contribution < -0.4 is 0 Å². The van der Waals surface area contributed by atoms with Crippen LogP contribution >= 0.6 is 0 Å². The van der Waals surface area contributed by atoms with Crippen LogP contribution in [0, 0.1) is 0 Å². The van der Waals surface area contributed by atoms with Crippen molar-refractivity contribution in [2.24, 2.45) is 0 Å². The van der Waals surface area contributed by atoms with Crippen molar-refractivity contribution in [1.82, 2.24) is 4.90 Å². The molecule has 1 heterocycles. The summed E-state index contributed by atoms with van der Waals surface area (Å²) in [4.78, 5) is 2.30. The molecule has 3 heteroatoms. The quantitative estimate of drug-likeness (QED) is 0.593. The van der Waals surface area contributed by atoms with Crippen molar-refractivity contribution < 1.29 is 9.47 Å². The molecule has 1 rings (SSSR count). The minimum absolute atomic E-state index is 0.383. The Hall–Kier alpha value is -0.120. The first-order chi connectivity index (χ1) is 5.33. The summed E-state index contributed by atoms with van der Waals surface area (Å²) in [6, 6.07) is 0. The highest BCUT2D eigenvalue weighted by Gasteiger charge is 2.16. The molecule has 0 aromatic rings. The number of rotatable bonds is 3. The number of nitrogens with zero attached hydrogens (tertiary/aromatic N) is 1. The molecule has 0 aliphatic carbocycles. The number of morpholine rings is 1. The summed E-state index contributed by atoms with van der Waals surface area (Å²) in [5.74, 6) is 0. The molecule has 3 nitrogen and oxygen atoms in total. The zero-order chi connectivity index (χ0) is 8.10. The summed E-state index contributed by atoms with van der Waals surface area (Å²) in [6.45, 7) is 3.77. The van der Waals surface area contributed by atoms with E-state index >= 15 is 0 Å². The fourth-order valence-corrected chi connectivity index (χ4v) is 1.29. The third kappa shape index (κ3) is 3.18. The summed E-state index contributed by atoms with van der Waals surface area (Å²) in [5, 5.41) is 0. The van der Waals surface area contributed by atoms with Crippen LogP contribution in [0.15, 0.2) is 0 Å². The van der Waals surface area contributed by atoms with Crippen LogP contribution in [-0.2, 0) is 9.47 Å². The largest absolute Gasteiger partial charge is 0.385 e. The van der Waals surface area contributed by atoms with Crippen LogP contribution in [-0.4, -0.2) is 51.5 Å². The Balaban J connectivity index is 2.12. The fraction of sp³-hybridized carbons (Fsp3) is 1.00. The van der Waals surface area contributed by atoms with Gasteiger partial charge in [-0.15, -0.1) is 0 Å². The molecule has 0 aromatic heterocycles. The Morgan fingerprint density at radius 2 is 2.45 bits per heavy atom. The second-order valence-electron chi connectivity index (χ2n) is 3.04. The van der Waals surface area contributed by atoms with E-state index in [1.807, 2.05) is 0 Å². The van der Waals surface area contributed by atoms with Crippen molar-refractivity contribution in [3.05, 3.63) is 0 Å². The minimum Gasteiger partial charge on any atom is -0.385 e. The first-order valence-corrected chi connectivity index (χ1v) is 4.12. The van der Waals surface area contributed by atoms with E-state index < -0.39 is 0 Å². The lowest BCUT2D eigenvalue weighted by Gasteiger charge is -2.29. The molecular weight excluding hydrogens is 142 g/mol. The van der Waals surface area contributed by atoms with Gasteiger partial charge < -0.3 is 14.4 Å². The number of methoxy groups -OCH3 is 1. The van der Waals surface area contributed by atoms with E-state index in [0.29, 0.717) is 6.10 Å². The van der Waals surface area contributed by atoms with E-state index in [1.165, 1.54) is 0 Å². The van der Waals surface area contributed by atoms with Crippen molar-refractivity contribution in [3.8, 4) is 0 Å². The van der Waals surface area contributed by atoms with E-state index in [2.05, 4.69) is 11.9 Å². The van der Waals surface area contributed by atoms with Gasteiger partial charge in [0.05, 0.1) is 12.7 Å². The second kappa shape index (κ2) is 4.70. The molecule has 11 heavy (non-hydrogen) atoms. The lowest BCUT2D eigenvalue weighted by atomic mass is 10.2. The molecule has 0 bridgehead atoms. The third-order valence-corrected chi connectivity index (χ3v) is 1.99. The molecule has 0 radical (unpaired) electrons. The number of likely N-dealkylation sites (N-methyl/N-ethyl adjacent to an activating group) is 1. The molecule has 0 aromatic carbocycles. The molecule has 1 aliphatic rings. The highest BCUT2D eigenvalue weighted by molar-refractivity contribution is 4.67. The van der Waals surface area contributed by atoms with E-state index in [-0.39, 0.29) is 0 Å². The maximum absolute atomic E-state index is 5.53. The first kappa shape index (κ1) is 8.97. The molecule has 0 spiro atoms. The molecule has 1 fully saturated rings. The molecule has 1 aliphatic heterocycles. The standard InChI is InChI=1S/C8H17NO2/c1-9-4-6-11-8(7-9)3-5-10-2/h8H,3-7H2,1-2H3. The van der Waals surface area contributed by atoms with Crippen molar-refractivity contribution in [3.63, 3.8) is 0 Å². The maximum Gasteiger partial charge on any atom is 0.0724 e. The van der Waals surface area contributed by atoms with Crippen molar-refractivity contribution >= 4 is 0 Å². The van der Waals surface area contributed by atoms with Crippen LogP contribution in [0.2, 0.25) is 0 Å². The highest BCUT2D eigenvalue weighted by Crippen LogP contribution is 2.06. The smallest absolute Gasteiger partial charge is 0.0724 e. The first-order valence-electron chi connectivity index (χ1n) is 4.12. The Labute approximate surface area is 68.3 Å². The van der Waals surface area contributed by atoms with Crippen molar-refractivity contribution in [2.45, 2.75) is 12.5 Å². The summed E-state index contributed by atoms with van der Waals surface area (Å²) in [5.41, 5.74) is 0. The van der Waals surface area contributed by atoms with Gasteiger partial charge >= 0.3 is 0 Å². The van der Waals surface area contributed by atoms with Gasteiger partial charge in [-0.1, -0.05) is 0 Å². The molecule has 1 saturated heterocycles. The summed E-state index contributed by atoms with van der Waals surface area (Å²) in [7, 11) is 3.86. The fourth-order valence-electron chi connectivity index (χ4n) is 1.29. The van der Waals surface area contributed by atoms with Crippen LogP contribution in [0.25, 0.3) is 0 Å². The van der Waals surface area contributed by atoms with E-state index in [1.54, 1.807) is 7.11 Å².